The van der Waals surface area contributed by atoms with Crippen molar-refractivity contribution in [2.75, 3.05) is 17.8 Å². The molecule has 0 spiro atoms. The molecule has 0 saturated heterocycles. The summed E-state index contributed by atoms with van der Waals surface area (Å²) in [7, 11) is 0. The zero-order valence-corrected chi connectivity index (χ0v) is 10.1. The summed E-state index contributed by atoms with van der Waals surface area (Å²) in [5.74, 6) is 1.90. The van der Waals surface area contributed by atoms with Gasteiger partial charge in [0.25, 0.3) is 0 Å². The van der Waals surface area contributed by atoms with E-state index in [9.17, 15) is 0 Å². The van der Waals surface area contributed by atoms with Gasteiger partial charge in [-0.1, -0.05) is 0 Å². The highest BCUT2D eigenvalue weighted by Gasteiger charge is 2.36. The minimum absolute atomic E-state index is 0.0150. The zero-order chi connectivity index (χ0) is 11.4. The van der Waals surface area contributed by atoms with Gasteiger partial charge in [-0.25, -0.2) is 0 Å². The maximum Gasteiger partial charge on any atom is 0.234 e. The largest absolute Gasteiger partial charge is 0.477 e. The molecule has 1 heterocycles. The molecule has 1 aliphatic carbocycles. The van der Waals surface area contributed by atoms with Crippen molar-refractivity contribution in [3.8, 4) is 5.88 Å². The molecule has 0 radical (unpaired) electrons. The molecule has 88 valence electrons. The van der Waals surface area contributed by atoms with Crippen LogP contribution in [-0.4, -0.2) is 28.0 Å². The molecule has 1 saturated carbocycles. The van der Waals surface area contributed by atoms with Crippen molar-refractivity contribution in [2.24, 2.45) is 0 Å². The second-order valence-electron chi connectivity index (χ2n) is 4.07. The van der Waals surface area contributed by atoms with Crippen LogP contribution in [0.25, 0.3) is 0 Å². The van der Waals surface area contributed by atoms with Crippen LogP contribution >= 0.6 is 11.6 Å². The van der Waals surface area contributed by atoms with Crippen molar-refractivity contribution in [2.45, 2.75) is 31.7 Å². The lowest BCUT2D eigenvalue weighted by atomic mass is 9.78. The fraction of sp³-hybridized carbons (Fsp3) is 0.636. The third-order valence-electron chi connectivity index (χ3n) is 2.86. The van der Waals surface area contributed by atoms with E-state index in [4.69, 9.17) is 16.3 Å². The molecule has 0 bridgehead atoms. The Hall–Kier alpha value is -1.03. The van der Waals surface area contributed by atoms with Crippen LogP contribution in [-0.2, 0) is 0 Å². The quantitative estimate of drug-likeness (QED) is 0.805. The SMILES string of the molecule is CCOc1cncc(NC2(CCl)CCC2)n1. The number of alkyl halides is 1. The number of ether oxygens (including phenoxy) is 1. The number of hydrogen-bond donors (Lipinski definition) is 1. The van der Waals surface area contributed by atoms with E-state index in [2.05, 4.69) is 15.3 Å². The van der Waals surface area contributed by atoms with Gasteiger partial charge >= 0.3 is 0 Å². The Morgan fingerprint density at radius 2 is 2.31 bits per heavy atom. The van der Waals surface area contributed by atoms with E-state index >= 15 is 0 Å². The van der Waals surface area contributed by atoms with Crippen LogP contribution in [0.2, 0.25) is 0 Å². The molecule has 1 N–H and O–H groups in total. The lowest BCUT2D eigenvalue weighted by molar-refractivity contribution is 0.307. The molecule has 0 aliphatic heterocycles. The average Bonchev–Trinajstić information content (AvgIpc) is 2.25. The van der Waals surface area contributed by atoms with Gasteiger partial charge in [-0.15, -0.1) is 11.6 Å². The van der Waals surface area contributed by atoms with Crippen LogP contribution < -0.4 is 10.1 Å². The third kappa shape index (κ3) is 2.38. The van der Waals surface area contributed by atoms with Gasteiger partial charge in [0, 0.05) is 5.88 Å². The summed E-state index contributed by atoms with van der Waals surface area (Å²) in [6.07, 6.45) is 6.73. The highest BCUT2D eigenvalue weighted by molar-refractivity contribution is 6.19. The number of halogens is 1. The topological polar surface area (TPSA) is 47.0 Å². The highest BCUT2D eigenvalue weighted by atomic mass is 35.5. The molecule has 0 aromatic carbocycles. The van der Waals surface area contributed by atoms with Gasteiger partial charge < -0.3 is 10.1 Å². The predicted molar refractivity (Wildman–Crippen MR) is 64.1 cm³/mol. The van der Waals surface area contributed by atoms with E-state index in [0.717, 1.165) is 18.7 Å². The summed E-state index contributed by atoms with van der Waals surface area (Å²) in [6, 6.07) is 0. The summed E-state index contributed by atoms with van der Waals surface area (Å²) in [6.45, 7) is 2.52. The van der Waals surface area contributed by atoms with Crippen LogP contribution in [0.5, 0.6) is 5.88 Å². The summed E-state index contributed by atoms with van der Waals surface area (Å²) in [5.41, 5.74) is 0.0150. The average molecular weight is 242 g/mol. The molecule has 0 atom stereocenters. The number of anilines is 1. The Kier molecular flexibility index (Phi) is 3.49. The number of nitrogens with zero attached hydrogens (tertiary/aromatic N) is 2. The van der Waals surface area contributed by atoms with E-state index < -0.39 is 0 Å². The maximum atomic E-state index is 5.97. The second-order valence-corrected chi connectivity index (χ2v) is 4.34. The Balaban J connectivity index is 2.05. The minimum atomic E-state index is 0.0150. The first-order valence-electron chi connectivity index (χ1n) is 5.57. The molecule has 0 unspecified atom stereocenters. The molecule has 16 heavy (non-hydrogen) atoms. The van der Waals surface area contributed by atoms with Crippen LogP contribution in [0.1, 0.15) is 26.2 Å². The first-order chi connectivity index (χ1) is 7.78. The smallest absolute Gasteiger partial charge is 0.234 e. The number of hydrogen-bond acceptors (Lipinski definition) is 4. The van der Waals surface area contributed by atoms with E-state index in [1.165, 1.54) is 6.42 Å². The van der Waals surface area contributed by atoms with Crippen LogP contribution in [0.3, 0.4) is 0 Å². The van der Waals surface area contributed by atoms with E-state index in [1.54, 1.807) is 12.4 Å². The first kappa shape index (κ1) is 11.5. The van der Waals surface area contributed by atoms with Gasteiger partial charge in [0.1, 0.15) is 5.82 Å². The number of aromatic nitrogens is 2. The first-order valence-corrected chi connectivity index (χ1v) is 6.10. The normalized spacial score (nSPS) is 17.6. The number of nitrogens with one attached hydrogen (secondary N) is 1. The lowest BCUT2D eigenvalue weighted by Gasteiger charge is -2.41. The Morgan fingerprint density at radius 1 is 1.50 bits per heavy atom. The Morgan fingerprint density at radius 3 is 2.88 bits per heavy atom. The molecule has 1 aromatic heterocycles. The van der Waals surface area contributed by atoms with Gasteiger partial charge in [-0.2, -0.15) is 4.98 Å². The molecule has 1 aromatic rings. The summed E-state index contributed by atoms with van der Waals surface area (Å²) >= 11 is 5.97. The van der Waals surface area contributed by atoms with E-state index in [-0.39, 0.29) is 5.54 Å². The van der Waals surface area contributed by atoms with Gasteiger partial charge in [0.2, 0.25) is 5.88 Å². The zero-order valence-electron chi connectivity index (χ0n) is 9.37. The van der Waals surface area contributed by atoms with Crippen molar-refractivity contribution in [1.29, 1.82) is 0 Å². The summed E-state index contributed by atoms with van der Waals surface area (Å²) < 4.78 is 5.30. The van der Waals surface area contributed by atoms with Crippen molar-refractivity contribution < 1.29 is 4.74 Å². The molecule has 4 nitrogen and oxygen atoms in total. The van der Waals surface area contributed by atoms with Crippen LogP contribution in [0.15, 0.2) is 12.4 Å². The lowest BCUT2D eigenvalue weighted by Crippen LogP contribution is -2.47. The highest BCUT2D eigenvalue weighted by Crippen LogP contribution is 2.35. The molecule has 1 fully saturated rings. The second kappa shape index (κ2) is 4.87. The van der Waals surface area contributed by atoms with Crippen molar-refractivity contribution in [3.05, 3.63) is 12.4 Å². The van der Waals surface area contributed by atoms with Crippen molar-refractivity contribution in [3.63, 3.8) is 0 Å². The Bertz CT molecular complexity index is 349. The van der Waals surface area contributed by atoms with Crippen LogP contribution in [0, 0.1) is 0 Å². The van der Waals surface area contributed by atoms with Crippen LogP contribution in [0.4, 0.5) is 5.82 Å². The predicted octanol–water partition coefficient (Wildman–Crippen LogP) is 2.45. The van der Waals surface area contributed by atoms with Crippen molar-refractivity contribution in [1.82, 2.24) is 9.97 Å². The molecule has 1 aliphatic rings. The summed E-state index contributed by atoms with van der Waals surface area (Å²) in [5, 5.41) is 3.35. The number of rotatable bonds is 5. The third-order valence-corrected chi connectivity index (χ3v) is 3.38. The molecule has 0 amide bonds. The molecular formula is C11H16ClN3O. The van der Waals surface area contributed by atoms with Gasteiger partial charge in [0.05, 0.1) is 24.5 Å². The van der Waals surface area contributed by atoms with Gasteiger partial charge in [0.15, 0.2) is 0 Å². The minimum Gasteiger partial charge on any atom is -0.477 e. The standard InChI is InChI=1S/C11H16ClN3O/c1-2-16-10-7-13-6-9(14-10)15-11(8-12)4-3-5-11/h6-7H,2-5,8H2,1H3,(H,14,15). The fourth-order valence-corrected chi connectivity index (χ4v) is 2.13. The summed E-state index contributed by atoms with van der Waals surface area (Å²) in [4.78, 5) is 8.41. The Labute approximate surface area is 100 Å². The molecule has 5 heteroatoms. The maximum absolute atomic E-state index is 5.97. The van der Waals surface area contributed by atoms with Crippen molar-refractivity contribution >= 4 is 17.4 Å². The monoisotopic (exact) mass is 241 g/mol. The molecule has 2 rings (SSSR count). The molecular weight excluding hydrogens is 226 g/mol. The van der Waals surface area contributed by atoms with E-state index in [0.29, 0.717) is 18.4 Å². The van der Waals surface area contributed by atoms with Gasteiger partial charge in [-0.3, -0.25) is 4.98 Å². The van der Waals surface area contributed by atoms with Gasteiger partial charge in [-0.05, 0) is 26.2 Å². The fourth-order valence-electron chi connectivity index (χ4n) is 1.79. The van der Waals surface area contributed by atoms with E-state index in [1.807, 2.05) is 6.92 Å².